The van der Waals surface area contributed by atoms with E-state index < -0.39 is 0 Å². The number of benzene rings is 1. The van der Waals surface area contributed by atoms with Crippen molar-refractivity contribution in [1.29, 1.82) is 0 Å². The summed E-state index contributed by atoms with van der Waals surface area (Å²) in [5.74, 6) is 0.873. The minimum atomic E-state index is 0.0730. The van der Waals surface area contributed by atoms with E-state index in [1.165, 1.54) is 16.7 Å². The lowest BCUT2D eigenvalue weighted by atomic mass is 10.0. The van der Waals surface area contributed by atoms with Crippen molar-refractivity contribution in [2.75, 3.05) is 5.75 Å². The maximum atomic E-state index is 6.24. The molecule has 0 aliphatic carbocycles. The lowest BCUT2D eigenvalue weighted by molar-refractivity contribution is 0.821. The van der Waals surface area contributed by atoms with E-state index in [9.17, 15) is 0 Å². The van der Waals surface area contributed by atoms with Crippen LogP contribution in [0, 0.1) is 13.8 Å². The molecule has 2 aromatic rings. The Hall–Kier alpha value is -0.840. The molecule has 90 valence electrons. The lowest BCUT2D eigenvalue weighted by Crippen LogP contribution is -2.14. The predicted octanol–water partition coefficient (Wildman–Crippen LogP) is 3.55. The lowest BCUT2D eigenvalue weighted by Gasteiger charge is -2.14. The van der Waals surface area contributed by atoms with Gasteiger partial charge in [-0.15, -0.1) is 11.3 Å². The number of thiazole rings is 1. The molecule has 17 heavy (non-hydrogen) atoms. The van der Waals surface area contributed by atoms with E-state index in [2.05, 4.69) is 37.0 Å². The molecule has 4 heteroatoms. The molecule has 1 unspecified atom stereocenters. The molecule has 0 amide bonds. The van der Waals surface area contributed by atoms with Crippen LogP contribution in [0.5, 0.6) is 0 Å². The van der Waals surface area contributed by atoms with Crippen LogP contribution in [0.4, 0.5) is 0 Å². The van der Waals surface area contributed by atoms with Gasteiger partial charge in [0.05, 0.1) is 0 Å². The number of hydrogen-bond acceptors (Lipinski definition) is 4. The van der Waals surface area contributed by atoms with Crippen LogP contribution in [-0.4, -0.2) is 10.7 Å². The molecule has 1 atom stereocenters. The van der Waals surface area contributed by atoms with Gasteiger partial charge in [-0.1, -0.05) is 35.5 Å². The van der Waals surface area contributed by atoms with Gasteiger partial charge in [-0.25, -0.2) is 4.98 Å². The van der Waals surface area contributed by atoms with Gasteiger partial charge < -0.3 is 5.73 Å². The Morgan fingerprint density at radius 2 is 2.24 bits per heavy atom. The quantitative estimate of drug-likeness (QED) is 0.858. The van der Waals surface area contributed by atoms with Gasteiger partial charge in [0.15, 0.2) is 0 Å². The van der Waals surface area contributed by atoms with Crippen LogP contribution in [0.1, 0.15) is 22.7 Å². The molecule has 0 fully saturated rings. The zero-order valence-corrected chi connectivity index (χ0v) is 11.6. The van der Waals surface area contributed by atoms with Gasteiger partial charge >= 0.3 is 0 Å². The van der Waals surface area contributed by atoms with Crippen molar-refractivity contribution in [2.24, 2.45) is 5.73 Å². The monoisotopic (exact) mass is 264 g/mol. The summed E-state index contributed by atoms with van der Waals surface area (Å²) >= 11 is 3.39. The molecule has 0 saturated heterocycles. The fourth-order valence-electron chi connectivity index (χ4n) is 1.69. The zero-order chi connectivity index (χ0) is 12.3. The number of nitrogens with zero attached hydrogens (tertiary/aromatic N) is 1. The van der Waals surface area contributed by atoms with Crippen LogP contribution in [0.3, 0.4) is 0 Å². The first-order chi connectivity index (χ1) is 8.16. The highest BCUT2D eigenvalue weighted by molar-refractivity contribution is 8.01. The molecule has 0 bridgehead atoms. The summed E-state index contributed by atoms with van der Waals surface area (Å²) in [6, 6.07) is 6.52. The summed E-state index contributed by atoms with van der Waals surface area (Å²) in [7, 11) is 0. The van der Waals surface area contributed by atoms with E-state index in [0.717, 1.165) is 10.1 Å². The Kier molecular flexibility index (Phi) is 4.20. The van der Waals surface area contributed by atoms with Crippen LogP contribution < -0.4 is 5.73 Å². The standard InChI is InChI=1S/C13H16N2S2/c1-9-3-4-10(2)11(7-9)12(14)8-17-13-15-5-6-16-13/h3-7,12H,8,14H2,1-2H3. The van der Waals surface area contributed by atoms with Gasteiger partial charge in [-0.3, -0.25) is 0 Å². The topological polar surface area (TPSA) is 38.9 Å². The molecule has 2 rings (SSSR count). The van der Waals surface area contributed by atoms with Gasteiger partial charge in [0.2, 0.25) is 0 Å². The molecule has 2 nitrogen and oxygen atoms in total. The second-order valence-corrected chi connectivity index (χ2v) is 6.24. The van der Waals surface area contributed by atoms with Gasteiger partial charge in [0.25, 0.3) is 0 Å². The molecule has 0 aliphatic rings. The Labute approximate surface area is 110 Å². The highest BCUT2D eigenvalue weighted by Crippen LogP contribution is 2.26. The van der Waals surface area contributed by atoms with E-state index in [1.807, 2.05) is 11.6 Å². The normalized spacial score (nSPS) is 12.6. The Bertz CT molecular complexity index is 480. The first-order valence-corrected chi connectivity index (χ1v) is 7.38. The van der Waals surface area contributed by atoms with Crippen molar-refractivity contribution in [2.45, 2.75) is 24.2 Å². The second-order valence-electron chi connectivity index (χ2n) is 4.08. The summed E-state index contributed by atoms with van der Waals surface area (Å²) in [5.41, 5.74) is 10.0. The first-order valence-electron chi connectivity index (χ1n) is 5.52. The molecule has 0 spiro atoms. The minimum Gasteiger partial charge on any atom is -0.323 e. The van der Waals surface area contributed by atoms with Crippen LogP contribution in [0.25, 0.3) is 0 Å². The third-order valence-corrected chi connectivity index (χ3v) is 4.72. The van der Waals surface area contributed by atoms with Crippen molar-refractivity contribution < 1.29 is 0 Å². The van der Waals surface area contributed by atoms with Crippen LogP contribution in [0.2, 0.25) is 0 Å². The van der Waals surface area contributed by atoms with Crippen LogP contribution >= 0.6 is 23.1 Å². The summed E-state index contributed by atoms with van der Waals surface area (Å²) in [4.78, 5) is 4.25. The number of aromatic nitrogens is 1. The zero-order valence-electron chi connectivity index (χ0n) is 10.0. The smallest absolute Gasteiger partial charge is 0.149 e. The molecule has 1 aromatic heterocycles. The molecular formula is C13H16N2S2. The van der Waals surface area contributed by atoms with E-state index >= 15 is 0 Å². The first kappa shape index (κ1) is 12.6. The molecule has 2 N–H and O–H groups in total. The fraction of sp³-hybridized carbons (Fsp3) is 0.308. The van der Waals surface area contributed by atoms with E-state index in [0.29, 0.717) is 0 Å². The number of thioether (sulfide) groups is 1. The number of rotatable bonds is 4. The van der Waals surface area contributed by atoms with Crippen molar-refractivity contribution in [1.82, 2.24) is 4.98 Å². The summed E-state index contributed by atoms with van der Waals surface area (Å²) in [6.45, 7) is 4.21. The van der Waals surface area contributed by atoms with Crippen molar-refractivity contribution >= 4 is 23.1 Å². The average molecular weight is 264 g/mol. The van der Waals surface area contributed by atoms with Crippen LogP contribution in [0.15, 0.2) is 34.1 Å². The summed E-state index contributed by atoms with van der Waals surface area (Å²) in [5, 5.41) is 1.99. The largest absolute Gasteiger partial charge is 0.323 e. The Morgan fingerprint density at radius 3 is 2.94 bits per heavy atom. The number of aryl methyl sites for hydroxylation is 2. The van der Waals surface area contributed by atoms with Gasteiger partial charge in [-0.05, 0) is 25.0 Å². The number of nitrogens with two attached hydrogens (primary N) is 1. The molecule has 1 aromatic carbocycles. The van der Waals surface area contributed by atoms with Gasteiger partial charge in [-0.2, -0.15) is 0 Å². The molecule has 0 aliphatic heterocycles. The number of hydrogen-bond donors (Lipinski definition) is 1. The summed E-state index contributed by atoms with van der Waals surface area (Å²) in [6.07, 6.45) is 1.83. The predicted molar refractivity (Wildman–Crippen MR) is 75.7 cm³/mol. The Balaban J connectivity index is 2.04. The minimum absolute atomic E-state index is 0.0730. The van der Waals surface area contributed by atoms with Gasteiger partial charge in [0, 0.05) is 23.4 Å². The molecule has 1 heterocycles. The maximum absolute atomic E-state index is 6.24. The third-order valence-electron chi connectivity index (χ3n) is 2.63. The van der Waals surface area contributed by atoms with E-state index in [1.54, 1.807) is 23.1 Å². The second kappa shape index (κ2) is 5.67. The Morgan fingerprint density at radius 1 is 1.41 bits per heavy atom. The maximum Gasteiger partial charge on any atom is 0.149 e. The van der Waals surface area contributed by atoms with E-state index in [4.69, 9.17) is 5.73 Å². The molecule has 0 saturated carbocycles. The average Bonchev–Trinajstić information content (AvgIpc) is 2.82. The molecular weight excluding hydrogens is 248 g/mol. The van der Waals surface area contributed by atoms with Crippen molar-refractivity contribution in [3.8, 4) is 0 Å². The van der Waals surface area contributed by atoms with Crippen LogP contribution in [-0.2, 0) is 0 Å². The van der Waals surface area contributed by atoms with E-state index in [-0.39, 0.29) is 6.04 Å². The third kappa shape index (κ3) is 3.31. The highest BCUT2D eigenvalue weighted by atomic mass is 32.2. The highest BCUT2D eigenvalue weighted by Gasteiger charge is 2.10. The fourth-order valence-corrected chi connectivity index (χ4v) is 3.33. The van der Waals surface area contributed by atoms with Crippen molar-refractivity contribution in [3.05, 3.63) is 46.5 Å². The van der Waals surface area contributed by atoms with Crippen molar-refractivity contribution in [3.63, 3.8) is 0 Å². The summed E-state index contributed by atoms with van der Waals surface area (Å²) < 4.78 is 1.09. The SMILES string of the molecule is Cc1ccc(C)c(C(N)CSc2nccs2)c1. The molecule has 0 radical (unpaired) electrons. The van der Waals surface area contributed by atoms with Gasteiger partial charge in [0.1, 0.15) is 4.34 Å².